The average molecular weight is 354 g/mol. The van der Waals surface area contributed by atoms with E-state index in [1.807, 2.05) is 44.2 Å². The Morgan fingerprint density at radius 3 is 2.08 bits per heavy atom. The number of nitrogens with zero attached hydrogens (tertiary/aromatic N) is 1. The zero-order chi connectivity index (χ0) is 19.1. The summed E-state index contributed by atoms with van der Waals surface area (Å²) in [4.78, 5) is 26.4. The molecule has 0 aliphatic carbocycles. The minimum Gasteiger partial charge on any atom is -0.452 e. The molecule has 0 radical (unpaired) electrons. The first-order chi connectivity index (χ1) is 12.5. The van der Waals surface area contributed by atoms with Crippen molar-refractivity contribution in [2.45, 2.75) is 27.7 Å². The highest BCUT2D eigenvalue weighted by molar-refractivity contribution is 5.96. The maximum absolute atomic E-state index is 12.1. The SMILES string of the molecule is CCN(CC)c1ccc(C(=O)OCC(=O)Nc2c(C)cccc2C)cc1. The van der Waals surface area contributed by atoms with Gasteiger partial charge >= 0.3 is 5.97 Å². The lowest BCUT2D eigenvalue weighted by Gasteiger charge is -2.20. The average Bonchev–Trinajstić information content (AvgIpc) is 2.64. The number of esters is 1. The second kappa shape index (κ2) is 9.04. The van der Waals surface area contributed by atoms with E-state index in [1.54, 1.807) is 12.1 Å². The molecule has 0 aliphatic rings. The number of amides is 1. The molecular weight excluding hydrogens is 328 g/mol. The van der Waals surface area contributed by atoms with Crippen molar-refractivity contribution in [3.8, 4) is 0 Å². The van der Waals surface area contributed by atoms with E-state index in [0.717, 1.165) is 35.6 Å². The molecule has 0 aromatic heterocycles. The summed E-state index contributed by atoms with van der Waals surface area (Å²) in [5.74, 6) is -0.858. The molecule has 0 aliphatic heterocycles. The Kier molecular flexibility index (Phi) is 6.78. The summed E-state index contributed by atoms with van der Waals surface area (Å²) < 4.78 is 5.13. The lowest BCUT2D eigenvalue weighted by atomic mass is 10.1. The van der Waals surface area contributed by atoms with E-state index < -0.39 is 5.97 Å². The molecule has 5 nitrogen and oxygen atoms in total. The molecule has 0 saturated carbocycles. The quantitative estimate of drug-likeness (QED) is 0.765. The number of nitrogens with one attached hydrogen (secondary N) is 1. The van der Waals surface area contributed by atoms with Crippen molar-refractivity contribution in [2.75, 3.05) is 29.9 Å². The molecule has 0 fully saturated rings. The molecule has 5 heteroatoms. The van der Waals surface area contributed by atoms with Gasteiger partial charge in [-0.25, -0.2) is 4.79 Å². The van der Waals surface area contributed by atoms with Crippen LogP contribution < -0.4 is 10.2 Å². The van der Waals surface area contributed by atoms with Crippen molar-refractivity contribution in [1.29, 1.82) is 0 Å². The molecule has 0 unspecified atom stereocenters. The summed E-state index contributed by atoms with van der Waals surface area (Å²) >= 11 is 0. The summed E-state index contributed by atoms with van der Waals surface area (Å²) in [6.45, 7) is 9.50. The van der Waals surface area contributed by atoms with Gasteiger partial charge in [0.05, 0.1) is 5.56 Å². The number of hydrogen-bond donors (Lipinski definition) is 1. The van der Waals surface area contributed by atoms with Crippen molar-refractivity contribution in [3.63, 3.8) is 0 Å². The topological polar surface area (TPSA) is 58.6 Å². The molecule has 0 heterocycles. The number of para-hydroxylation sites is 1. The van der Waals surface area contributed by atoms with Gasteiger partial charge in [-0.05, 0) is 63.1 Å². The number of carbonyl (C=O) groups is 2. The summed E-state index contributed by atoms with van der Waals surface area (Å²) in [5, 5.41) is 2.80. The fraction of sp³-hybridized carbons (Fsp3) is 0.333. The van der Waals surface area contributed by atoms with Gasteiger partial charge in [0.2, 0.25) is 0 Å². The van der Waals surface area contributed by atoms with Crippen LogP contribution in [0.1, 0.15) is 35.3 Å². The van der Waals surface area contributed by atoms with E-state index in [-0.39, 0.29) is 12.5 Å². The summed E-state index contributed by atoms with van der Waals surface area (Å²) in [7, 11) is 0. The van der Waals surface area contributed by atoms with Crippen LogP contribution in [0.15, 0.2) is 42.5 Å². The van der Waals surface area contributed by atoms with Crippen molar-refractivity contribution < 1.29 is 14.3 Å². The molecule has 2 aromatic rings. The fourth-order valence-electron chi connectivity index (χ4n) is 2.80. The van der Waals surface area contributed by atoms with E-state index in [0.29, 0.717) is 5.56 Å². The Morgan fingerprint density at radius 1 is 0.962 bits per heavy atom. The molecule has 26 heavy (non-hydrogen) atoms. The van der Waals surface area contributed by atoms with Crippen molar-refractivity contribution in [2.24, 2.45) is 0 Å². The van der Waals surface area contributed by atoms with E-state index in [9.17, 15) is 9.59 Å². The maximum atomic E-state index is 12.1. The predicted molar refractivity (Wildman–Crippen MR) is 105 cm³/mol. The molecule has 0 bridgehead atoms. The highest BCUT2D eigenvalue weighted by atomic mass is 16.5. The highest BCUT2D eigenvalue weighted by Gasteiger charge is 2.12. The number of carbonyl (C=O) groups excluding carboxylic acids is 2. The van der Waals surface area contributed by atoms with E-state index in [1.165, 1.54) is 0 Å². The highest BCUT2D eigenvalue weighted by Crippen LogP contribution is 2.19. The first kappa shape index (κ1) is 19.5. The van der Waals surface area contributed by atoms with Crippen molar-refractivity contribution in [1.82, 2.24) is 0 Å². The molecule has 0 atom stereocenters. The third-order valence-corrected chi connectivity index (χ3v) is 4.31. The van der Waals surface area contributed by atoms with Gasteiger partial charge in [-0.15, -0.1) is 0 Å². The zero-order valence-electron chi connectivity index (χ0n) is 15.8. The smallest absolute Gasteiger partial charge is 0.338 e. The molecule has 2 rings (SSSR count). The zero-order valence-corrected chi connectivity index (χ0v) is 15.8. The van der Waals surface area contributed by atoms with Gasteiger partial charge in [0.1, 0.15) is 0 Å². The molecule has 1 amide bonds. The number of hydrogen-bond acceptors (Lipinski definition) is 4. The molecule has 0 saturated heterocycles. The summed E-state index contributed by atoms with van der Waals surface area (Å²) in [5.41, 5.74) is 4.19. The number of aryl methyl sites for hydroxylation is 2. The van der Waals surface area contributed by atoms with E-state index in [4.69, 9.17) is 4.74 Å². The van der Waals surface area contributed by atoms with Crippen LogP contribution in [-0.4, -0.2) is 31.6 Å². The van der Waals surface area contributed by atoms with E-state index >= 15 is 0 Å². The number of anilines is 2. The standard InChI is InChI=1S/C21H26N2O3/c1-5-23(6-2)18-12-10-17(11-13-18)21(25)26-14-19(24)22-20-15(3)8-7-9-16(20)4/h7-13H,5-6,14H2,1-4H3,(H,22,24). The maximum Gasteiger partial charge on any atom is 0.338 e. The van der Waals surface area contributed by atoms with Gasteiger partial charge in [-0.2, -0.15) is 0 Å². The molecular formula is C21H26N2O3. The van der Waals surface area contributed by atoms with Crippen LogP contribution in [0.2, 0.25) is 0 Å². The minimum absolute atomic E-state index is 0.315. The Labute approximate surface area is 155 Å². The van der Waals surface area contributed by atoms with Crippen LogP contribution in [0.5, 0.6) is 0 Å². The Bertz CT molecular complexity index is 745. The van der Waals surface area contributed by atoms with Crippen LogP contribution in [0.4, 0.5) is 11.4 Å². The normalized spacial score (nSPS) is 10.3. The first-order valence-electron chi connectivity index (χ1n) is 8.84. The lowest BCUT2D eigenvalue weighted by molar-refractivity contribution is -0.119. The summed E-state index contributed by atoms with van der Waals surface area (Å²) in [6.07, 6.45) is 0. The largest absolute Gasteiger partial charge is 0.452 e. The molecule has 138 valence electrons. The first-order valence-corrected chi connectivity index (χ1v) is 8.84. The van der Waals surface area contributed by atoms with Crippen LogP contribution in [0.25, 0.3) is 0 Å². The molecule has 1 N–H and O–H groups in total. The van der Waals surface area contributed by atoms with E-state index in [2.05, 4.69) is 24.1 Å². The third kappa shape index (κ3) is 4.85. The molecule has 0 spiro atoms. The Morgan fingerprint density at radius 2 is 1.54 bits per heavy atom. The second-order valence-corrected chi connectivity index (χ2v) is 6.11. The third-order valence-electron chi connectivity index (χ3n) is 4.31. The second-order valence-electron chi connectivity index (χ2n) is 6.11. The minimum atomic E-state index is -0.507. The van der Waals surface area contributed by atoms with Crippen LogP contribution in [0.3, 0.4) is 0 Å². The van der Waals surface area contributed by atoms with Gasteiger partial charge in [0.25, 0.3) is 5.91 Å². The van der Waals surface area contributed by atoms with Gasteiger partial charge in [-0.3, -0.25) is 4.79 Å². The van der Waals surface area contributed by atoms with Gasteiger partial charge in [0, 0.05) is 24.5 Å². The monoisotopic (exact) mass is 354 g/mol. The van der Waals surface area contributed by atoms with Crippen LogP contribution in [0, 0.1) is 13.8 Å². The molecule has 2 aromatic carbocycles. The fourth-order valence-corrected chi connectivity index (χ4v) is 2.80. The summed E-state index contributed by atoms with van der Waals surface area (Å²) in [6, 6.07) is 13.0. The number of ether oxygens (including phenoxy) is 1. The van der Waals surface area contributed by atoms with Crippen molar-refractivity contribution >= 4 is 23.3 Å². The number of benzene rings is 2. The number of rotatable bonds is 7. The van der Waals surface area contributed by atoms with Gasteiger partial charge in [0.15, 0.2) is 6.61 Å². The lowest BCUT2D eigenvalue weighted by Crippen LogP contribution is -2.22. The van der Waals surface area contributed by atoms with Crippen LogP contribution in [-0.2, 0) is 9.53 Å². The Balaban J connectivity index is 1.93. The Hall–Kier alpha value is -2.82. The van der Waals surface area contributed by atoms with Gasteiger partial charge < -0.3 is 15.0 Å². The van der Waals surface area contributed by atoms with Crippen LogP contribution >= 0.6 is 0 Å². The van der Waals surface area contributed by atoms with Gasteiger partial charge in [-0.1, -0.05) is 18.2 Å². The predicted octanol–water partition coefficient (Wildman–Crippen LogP) is 3.95. The van der Waals surface area contributed by atoms with Crippen molar-refractivity contribution in [3.05, 3.63) is 59.2 Å².